The highest BCUT2D eigenvalue weighted by molar-refractivity contribution is 5.89. The summed E-state index contributed by atoms with van der Waals surface area (Å²) in [4.78, 5) is 25.2. The van der Waals surface area contributed by atoms with Crippen LogP contribution >= 0.6 is 0 Å². The highest BCUT2D eigenvalue weighted by Crippen LogP contribution is 2.21. The average molecular weight is 350 g/mol. The highest BCUT2D eigenvalue weighted by Gasteiger charge is 2.17. The minimum atomic E-state index is -0.981. The molecule has 1 aliphatic heterocycles. The van der Waals surface area contributed by atoms with Crippen LogP contribution in [0.1, 0.15) is 36.7 Å². The largest absolute Gasteiger partial charge is 0.478 e. The van der Waals surface area contributed by atoms with Crippen molar-refractivity contribution in [1.29, 1.82) is 0 Å². The summed E-state index contributed by atoms with van der Waals surface area (Å²) < 4.78 is 10.6. The second-order valence-corrected chi connectivity index (χ2v) is 7.01. The summed E-state index contributed by atoms with van der Waals surface area (Å²) in [6, 6.07) is 5.15. The van der Waals surface area contributed by atoms with Crippen LogP contribution in [-0.4, -0.2) is 55.4 Å². The third kappa shape index (κ3) is 6.36. The van der Waals surface area contributed by atoms with Gasteiger partial charge in [-0.25, -0.2) is 9.59 Å². The van der Waals surface area contributed by atoms with Gasteiger partial charge in [-0.15, -0.1) is 0 Å². The monoisotopic (exact) mass is 350 g/mol. The molecule has 0 unspecified atom stereocenters. The SMILES string of the molecule is CC(C)(C)OC(=O)COCc1cc(C(=O)O)cc(N2CCNCC2)c1. The maximum atomic E-state index is 11.7. The first-order valence-electron chi connectivity index (χ1n) is 8.37. The number of aromatic carboxylic acids is 1. The van der Waals surface area contributed by atoms with Gasteiger partial charge in [-0.3, -0.25) is 0 Å². The summed E-state index contributed by atoms with van der Waals surface area (Å²) in [5.41, 5.74) is 1.24. The Morgan fingerprint density at radius 3 is 2.48 bits per heavy atom. The van der Waals surface area contributed by atoms with Crippen LogP contribution in [0.15, 0.2) is 18.2 Å². The summed E-state index contributed by atoms with van der Waals surface area (Å²) in [6.45, 7) is 8.73. The molecule has 0 aliphatic carbocycles. The van der Waals surface area contributed by atoms with Crippen molar-refractivity contribution in [3.05, 3.63) is 29.3 Å². The molecule has 7 heteroatoms. The van der Waals surface area contributed by atoms with Crippen LogP contribution in [0.2, 0.25) is 0 Å². The molecule has 138 valence electrons. The first-order chi connectivity index (χ1) is 11.7. The number of nitrogens with one attached hydrogen (secondary N) is 1. The predicted octanol–water partition coefficient (Wildman–Crippen LogP) is 1.65. The topological polar surface area (TPSA) is 88.1 Å². The van der Waals surface area contributed by atoms with Crippen molar-refractivity contribution in [3.8, 4) is 0 Å². The van der Waals surface area contributed by atoms with Gasteiger partial charge < -0.3 is 24.8 Å². The molecule has 1 heterocycles. The number of hydrogen-bond acceptors (Lipinski definition) is 6. The number of carbonyl (C=O) groups is 2. The molecule has 0 radical (unpaired) electrons. The number of piperazine rings is 1. The molecule has 1 aromatic rings. The van der Waals surface area contributed by atoms with E-state index in [4.69, 9.17) is 9.47 Å². The van der Waals surface area contributed by atoms with Crippen molar-refractivity contribution in [2.45, 2.75) is 33.0 Å². The quantitative estimate of drug-likeness (QED) is 0.754. The molecule has 0 amide bonds. The number of carbonyl (C=O) groups excluding carboxylic acids is 1. The van der Waals surface area contributed by atoms with Crippen molar-refractivity contribution in [1.82, 2.24) is 5.32 Å². The highest BCUT2D eigenvalue weighted by atomic mass is 16.6. The van der Waals surface area contributed by atoms with Crippen LogP contribution in [0.25, 0.3) is 0 Å². The number of benzene rings is 1. The van der Waals surface area contributed by atoms with E-state index in [-0.39, 0.29) is 18.8 Å². The van der Waals surface area contributed by atoms with Gasteiger partial charge in [-0.05, 0) is 44.5 Å². The number of esters is 1. The Kier molecular flexibility index (Phi) is 6.39. The van der Waals surface area contributed by atoms with Crippen molar-refractivity contribution < 1.29 is 24.2 Å². The van der Waals surface area contributed by atoms with Gasteiger partial charge >= 0.3 is 11.9 Å². The number of rotatable bonds is 6. The zero-order valence-electron chi connectivity index (χ0n) is 15.0. The lowest BCUT2D eigenvalue weighted by atomic mass is 10.1. The Morgan fingerprint density at radius 2 is 1.88 bits per heavy atom. The molecule has 0 spiro atoms. The first-order valence-corrected chi connectivity index (χ1v) is 8.37. The van der Waals surface area contributed by atoms with E-state index in [0.717, 1.165) is 37.4 Å². The molecule has 1 saturated heterocycles. The van der Waals surface area contributed by atoms with E-state index in [1.165, 1.54) is 0 Å². The van der Waals surface area contributed by atoms with E-state index in [9.17, 15) is 14.7 Å². The van der Waals surface area contributed by atoms with Crippen LogP contribution < -0.4 is 10.2 Å². The van der Waals surface area contributed by atoms with E-state index in [0.29, 0.717) is 0 Å². The molecule has 2 rings (SSSR count). The van der Waals surface area contributed by atoms with Crippen LogP contribution in [0.3, 0.4) is 0 Å². The van der Waals surface area contributed by atoms with Gasteiger partial charge in [0.05, 0.1) is 12.2 Å². The van der Waals surface area contributed by atoms with E-state index in [2.05, 4.69) is 10.2 Å². The molecule has 0 saturated carbocycles. The fourth-order valence-electron chi connectivity index (χ4n) is 2.61. The maximum absolute atomic E-state index is 11.7. The number of carboxylic acids is 1. The summed E-state index contributed by atoms with van der Waals surface area (Å²) in [7, 11) is 0. The van der Waals surface area contributed by atoms with Gasteiger partial charge in [0.25, 0.3) is 0 Å². The van der Waals surface area contributed by atoms with E-state index in [1.54, 1.807) is 32.9 Å². The number of nitrogens with zero attached hydrogens (tertiary/aromatic N) is 1. The van der Waals surface area contributed by atoms with Crippen molar-refractivity contribution in [2.24, 2.45) is 0 Å². The molecule has 1 aliphatic rings. The van der Waals surface area contributed by atoms with Crippen molar-refractivity contribution >= 4 is 17.6 Å². The predicted molar refractivity (Wildman–Crippen MR) is 94.0 cm³/mol. The number of hydrogen-bond donors (Lipinski definition) is 2. The van der Waals surface area contributed by atoms with Crippen LogP contribution in [-0.2, 0) is 20.9 Å². The van der Waals surface area contributed by atoms with Crippen LogP contribution in [0.4, 0.5) is 5.69 Å². The minimum absolute atomic E-state index is 0.152. The zero-order valence-corrected chi connectivity index (χ0v) is 15.0. The maximum Gasteiger partial charge on any atom is 0.335 e. The second kappa shape index (κ2) is 8.31. The van der Waals surface area contributed by atoms with Gasteiger partial charge in [0.2, 0.25) is 0 Å². The van der Waals surface area contributed by atoms with Crippen LogP contribution in [0.5, 0.6) is 0 Å². The van der Waals surface area contributed by atoms with Crippen LogP contribution in [0, 0.1) is 0 Å². The Balaban J connectivity index is 2.02. The lowest BCUT2D eigenvalue weighted by Gasteiger charge is -2.30. The van der Waals surface area contributed by atoms with Gasteiger partial charge in [0, 0.05) is 31.9 Å². The molecular formula is C18H26N2O5. The Hall–Kier alpha value is -2.12. The Morgan fingerprint density at radius 1 is 1.20 bits per heavy atom. The second-order valence-electron chi connectivity index (χ2n) is 7.01. The van der Waals surface area contributed by atoms with E-state index < -0.39 is 17.5 Å². The summed E-state index contributed by atoms with van der Waals surface area (Å²) in [5.74, 6) is -1.42. The molecule has 7 nitrogen and oxygen atoms in total. The molecule has 1 fully saturated rings. The summed E-state index contributed by atoms with van der Waals surface area (Å²) in [5, 5.41) is 12.6. The first kappa shape index (κ1) is 19.2. The van der Waals surface area contributed by atoms with Gasteiger partial charge in [0.1, 0.15) is 12.2 Å². The molecule has 0 aromatic heterocycles. The number of ether oxygens (including phenoxy) is 2. The van der Waals surface area contributed by atoms with Crippen molar-refractivity contribution in [2.75, 3.05) is 37.7 Å². The average Bonchev–Trinajstić information content (AvgIpc) is 2.53. The smallest absolute Gasteiger partial charge is 0.335 e. The Bertz CT molecular complexity index is 618. The lowest BCUT2D eigenvalue weighted by molar-refractivity contribution is -0.160. The minimum Gasteiger partial charge on any atom is -0.478 e. The molecule has 0 atom stereocenters. The summed E-state index contributed by atoms with van der Waals surface area (Å²) in [6.07, 6.45) is 0. The van der Waals surface area contributed by atoms with E-state index in [1.807, 2.05) is 6.07 Å². The van der Waals surface area contributed by atoms with Gasteiger partial charge in [-0.1, -0.05) is 0 Å². The standard InChI is InChI=1S/C18H26N2O5/c1-18(2,3)25-16(21)12-24-11-13-8-14(17(22)23)10-15(9-13)20-6-4-19-5-7-20/h8-10,19H,4-7,11-12H2,1-3H3,(H,22,23). The van der Waals surface area contributed by atoms with Gasteiger partial charge in [0.15, 0.2) is 0 Å². The normalized spacial score (nSPS) is 15.1. The molecule has 1 aromatic carbocycles. The van der Waals surface area contributed by atoms with Crippen molar-refractivity contribution in [3.63, 3.8) is 0 Å². The van der Waals surface area contributed by atoms with E-state index >= 15 is 0 Å². The number of anilines is 1. The number of carboxylic acid groups (broad SMARTS) is 1. The Labute approximate surface area is 147 Å². The fourth-order valence-corrected chi connectivity index (χ4v) is 2.61. The zero-order chi connectivity index (χ0) is 18.4. The summed E-state index contributed by atoms with van der Waals surface area (Å²) >= 11 is 0. The fraction of sp³-hybridized carbons (Fsp3) is 0.556. The third-order valence-corrected chi connectivity index (χ3v) is 3.62. The van der Waals surface area contributed by atoms with Gasteiger partial charge in [-0.2, -0.15) is 0 Å². The molecule has 2 N–H and O–H groups in total. The molecular weight excluding hydrogens is 324 g/mol. The third-order valence-electron chi connectivity index (χ3n) is 3.62. The lowest BCUT2D eigenvalue weighted by Crippen LogP contribution is -2.43. The molecule has 25 heavy (non-hydrogen) atoms. The molecule has 0 bridgehead atoms.